The first-order chi connectivity index (χ1) is 32.8. The molecule has 67 heavy (non-hydrogen) atoms. The Hall–Kier alpha value is -7.14. The zero-order valence-electron chi connectivity index (χ0n) is 39.5. The first-order valence-electron chi connectivity index (χ1n) is 24.2. The summed E-state index contributed by atoms with van der Waals surface area (Å²) in [6.45, 7) is 14.2. The summed E-state index contributed by atoms with van der Waals surface area (Å²) in [6.07, 6.45) is 0. The fourth-order valence-electron chi connectivity index (χ4n) is 11.4. The molecular formula is C63H57BN2Si. The van der Waals surface area contributed by atoms with Crippen molar-refractivity contribution in [3.05, 3.63) is 235 Å². The van der Waals surface area contributed by atoms with E-state index in [0.29, 0.717) is 17.8 Å². The fourth-order valence-corrected chi connectivity index (χ4v) is 16.5. The maximum absolute atomic E-state index is 2.69. The number of hydrogen-bond donors (Lipinski definition) is 0. The van der Waals surface area contributed by atoms with Crippen molar-refractivity contribution in [2.24, 2.45) is 0 Å². The van der Waals surface area contributed by atoms with Gasteiger partial charge in [0.2, 0.25) is 6.71 Å². The number of anilines is 6. The van der Waals surface area contributed by atoms with Gasteiger partial charge in [-0.1, -0.05) is 217 Å². The van der Waals surface area contributed by atoms with Crippen LogP contribution in [0.15, 0.2) is 218 Å². The highest BCUT2D eigenvalue weighted by Crippen LogP contribution is 2.42. The number of hydrogen-bond acceptors (Lipinski definition) is 2. The number of nitrogens with zero attached hydrogens (tertiary/aromatic N) is 2. The molecule has 4 heteroatoms. The third-order valence-electron chi connectivity index (χ3n) is 14.5. The Kier molecular flexibility index (Phi) is 10.9. The Morgan fingerprint density at radius 1 is 0.358 bits per heavy atom. The lowest BCUT2D eigenvalue weighted by Crippen LogP contribution is -2.77. The highest BCUT2D eigenvalue weighted by molar-refractivity contribution is 7.21. The molecule has 0 bridgehead atoms. The molecule has 0 unspecified atom stereocenters. The molecule has 0 amide bonds. The quantitative estimate of drug-likeness (QED) is 0.133. The number of para-hydroxylation sites is 4. The van der Waals surface area contributed by atoms with Gasteiger partial charge in [-0.25, -0.2) is 0 Å². The summed E-state index contributed by atoms with van der Waals surface area (Å²) in [5.74, 6) is 1.21. The summed E-state index contributed by atoms with van der Waals surface area (Å²) in [7, 11) is -2.69. The van der Waals surface area contributed by atoms with Crippen LogP contribution in [0, 0.1) is 0 Å². The third kappa shape index (κ3) is 7.00. The molecule has 0 N–H and O–H groups in total. The lowest BCUT2D eigenvalue weighted by atomic mass is 9.33. The van der Waals surface area contributed by atoms with Crippen LogP contribution in [-0.4, -0.2) is 14.8 Å². The van der Waals surface area contributed by atoms with Gasteiger partial charge in [-0.15, -0.1) is 0 Å². The molecule has 9 aromatic rings. The lowest BCUT2D eigenvalue weighted by Gasteiger charge is -2.45. The van der Waals surface area contributed by atoms with Crippen molar-refractivity contribution in [3.63, 3.8) is 0 Å². The molecule has 11 rings (SSSR count). The Labute approximate surface area is 399 Å². The van der Waals surface area contributed by atoms with Crippen molar-refractivity contribution in [3.8, 4) is 11.1 Å². The lowest BCUT2D eigenvalue weighted by molar-refractivity contribution is 0.812. The van der Waals surface area contributed by atoms with Gasteiger partial charge in [0.25, 0.3) is 0 Å². The molecule has 2 nitrogen and oxygen atoms in total. The van der Waals surface area contributed by atoms with Crippen LogP contribution in [0.1, 0.15) is 76.0 Å². The minimum atomic E-state index is -2.69. The van der Waals surface area contributed by atoms with E-state index < -0.39 is 8.07 Å². The van der Waals surface area contributed by atoms with Crippen LogP contribution in [0.5, 0.6) is 0 Å². The molecule has 0 radical (unpaired) electrons. The molecule has 2 aliphatic heterocycles. The van der Waals surface area contributed by atoms with Crippen LogP contribution in [0.3, 0.4) is 0 Å². The van der Waals surface area contributed by atoms with Gasteiger partial charge in [0.05, 0.1) is 0 Å². The zero-order chi connectivity index (χ0) is 45.8. The van der Waals surface area contributed by atoms with Gasteiger partial charge in [0.15, 0.2) is 8.07 Å². The second-order valence-corrected chi connectivity index (χ2v) is 23.1. The van der Waals surface area contributed by atoms with Gasteiger partial charge in [-0.05, 0) is 126 Å². The molecule has 2 heterocycles. The molecule has 0 atom stereocenters. The van der Waals surface area contributed by atoms with Crippen molar-refractivity contribution in [1.82, 2.24) is 0 Å². The summed E-state index contributed by atoms with van der Waals surface area (Å²) in [5.41, 5.74) is 18.2. The van der Waals surface area contributed by atoms with Crippen LogP contribution in [0.25, 0.3) is 11.1 Å². The second-order valence-electron chi connectivity index (χ2n) is 19.4. The molecule has 0 saturated carbocycles. The first-order valence-corrected chi connectivity index (χ1v) is 26.2. The standard InChI is InChI=1S/C63H57BN2Si/c1-43(2)48-40-53(44(3)4)63(54(41-48)45(5)6)64-55-28-16-17-29-57(55)65(49-22-10-7-11-23-49)60-42-47(36-39-56(60)64)46-34-37-50(38-35-46)66-58-30-18-20-32-61(58)67(51-24-12-8-13-25-51,52-26-14-9-15-27-52)62-33-21-19-31-59(62)66/h7-45H,1-6H3. The van der Waals surface area contributed by atoms with Gasteiger partial charge in [-0.3, -0.25) is 0 Å². The molecule has 0 aromatic heterocycles. The van der Waals surface area contributed by atoms with Crippen molar-refractivity contribution in [2.45, 2.75) is 59.3 Å². The van der Waals surface area contributed by atoms with Crippen molar-refractivity contribution >= 4 is 86.0 Å². The minimum absolute atomic E-state index is 0.0836. The maximum Gasteiger partial charge on any atom is 0.247 e. The van der Waals surface area contributed by atoms with Gasteiger partial charge in [0.1, 0.15) is 0 Å². The van der Waals surface area contributed by atoms with Gasteiger partial charge in [0, 0.05) is 34.1 Å². The van der Waals surface area contributed by atoms with Crippen LogP contribution < -0.4 is 46.9 Å². The largest absolute Gasteiger partial charge is 0.312 e. The summed E-state index contributed by atoms with van der Waals surface area (Å²) < 4.78 is 0. The van der Waals surface area contributed by atoms with E-state index in [2.05, 4.69) is 270 Å². The minimum Gasteiger partial charge on any atom is -0.312 e. The molecule has 0 fully saturated rings. The fraction of sp³-hybridized carbons (Fsp3) is 0.143. The van der Waals surface area contributed by atoms with Crippen LogP contribution in [0.4, 0.5) is 34.1 Å². The van der Waals surface area contributed by atoms with Crippen LogP contribution >= 0.6 is 0 Å². The Bertz CT molecular complexity index is 3120. The molecule has 2 aliphatic rings. The Morgan fingerprint density at radius 3 is 1.33 bits per heavy atom. The van der Waals surface area contributed by atoms with E-state index in [0.717, 1.165) is 5.69 Å². The number of fused-ring (bicyclic) bond motifs is 4. The predicted octanol–water partition coefficient (Wildman–Crippen LogP) is 12.2. The highest BCUT2D eigenvalue weighted by Gasteiger charge is 2.48. The van der Waals surface area contributed by atoms with E-state index in [1.165, 1.54) is 93.4 Å². The Balaban J connectivity index is 1.07. The van der Waals surface area contributed by atoms with E-state index in [1.807, 2.05) is 0 Å². The van der Waals surface area contributed by atoms with E-state index in [4.69, 9.17) is 0 Å². The number of benzene rings is 9. The van der Waals surface area contributed by atoms with Gasteiger partial charge >= 0.3 is 0 Å². The van der Waals surface area contributed by atoms with Crippen molar-refractivity contribution < 1.29 is 0 Å². The summed E-state index contributed by atoms with van der Waals surface area (Å²) in [6, 6.07) is 82.5. The molecule has 0 saturated heterocycles. The van der Waals surface area contributed by atoms with Crippen molar-refractivity contribution in [2.75, 3.05) is 9.80 Å². The summed E-state index contributed by atoms with van der Waals surface area (Å²) in [4.78, 5) is 5.00. The van der Waals surface area contributed by atoms with Gasteiger partial charge < -0.3 is 9.80 Å². The molecular weight excluding hydrogens is 824 g/mol. The summed E-state index contributed by atoms with van der Waals surface area (Å²) >= 11 is 0. The smallest absolute Gasteiger partial charge is 0.247 e. The number of rotatable bonds is 9. The van der Waals surface area contributed by atoms with Crippen molar-refractivity contribution in [1.29, 1.82) is 0 Å². The SMILES string of the molecule is CC(C)c1cc(C(C)C)c(B2c3ccccc3N(c3ccccc3)c3cc(-c4ccc(N5c6ccccc6[Si](c6ccccc6)(c6ccccc6)c6ccccc65)cc4)ccc32)c(C(C)C)c1. The second kappa shape index (κ2) is 17.3. The normalized spacial score (nSPS) is 13.7. The molecule has 0 spiro atoms. The van der Waals surface area contributed by atoms with E-state index in [-0.39, 0.29) is 6.71 Å². The zero-order valence-corrected chi connectivity index (χ0v) is 40.5. The topological polar surface area (TPSA) is 6.48 Å². The molecule has 326 valence electrons. The average Bonchev–Trinajstić information content (AvgIpc) is 3.37. The van der Waals surface area contributed by atoms with E-state index in [9.17, 15) is 0 Å². The molecule has 0 aliphatic carbocycles. The van der Waals surface area contributed by atoms with Gasteiger partial charge in [-0.2, -0.15) is 0 Å². The first kappa shape index (κ1) is 42.5. The third-order valence-corrected chi connectivity index (χ3v) is 19.4. The molecule has 9 aromatic carbocycles. The van der Waals surface area contributed by atoms with Crippen LogP contribution in [-0.2, 0) is 0 Å². The van der Waals surface area contributed by atoms with Crippen LogP contribution in [0.2, 0.25) is 0 Å². The van der Waals surface area contributed by atoms with E-state index >= 15 is 0 Å². The van der Waals surface area contributed by atoms with E-state index in [1.54, 1.807) is 0 Å². The maximum atomic E-state index is 2.52. The predicted molar refractivity (Wildman–Crippen MR) is 292 cm³/mol. The highest BCUT2D eigenvalue weighted by atomic mass is 28.3. The monoisotopic (exact) mass is 880 g/mol. The Morgan fingerprint density at radius 2 is 0.791 bits per heavy atom. The average molecular weight is 881 g/mol. The summed E-state index contributed by atoms with van der Waals surface area (Å²) in [5, 5.41) is 5.60.